The van der Waals surface area contributed by atoms with Crippen LogP contribution in [0.15, 0.2) is 30.3 Å². The van der Waals surface area contributed by atoms with Crippen LogP contribution in [-0.2, 0) is 6.54 Å². The maximum Gasteiger partial charge on any atom is 0.0244 e. The van der Waals surface area contributed by atoms with E-state index in [1.807, 2.05) is 0 Å². The Balaban J connectivity index is 1.75. The Morgan fingerprint density at radius 2 is 1.72 bits per heavy atom. The molecule has 0 spiro atoms. The van der Waals surface area contributed by atoms with Crippen LogP contribution in [0.5, 0.6) is 0 Å². The number of nitrogens with two attached hydrogens (primary N) is 1. The van der Waals surface area contributed by atoms with Gasteiger partial charge in [0.2, 0.25) is 0 Å². The smallest absolute Gasteiger partial charge is 0.0244 e. The summed E-state index contributed by atoms with van der Waals surface area (Å²) in [5, 5.41) is 0. The Morgan fingerprint density at radius 1 is 1.11 bits per heavy atom. The maximum atomic E-state index is 6.18. The molecule has 0 amide bonds. The van der Waals surface area contributed by atoms with Crippen LogP contribution in [0.25, 0.3) is 0 Å². The first-order valence-electron chi connectivity index (χ1n) is 6.96. The highest BCUT2D eigenvalue weighted by Gasteiger charge is 2.38. The lowest BCUT2D eigenvalue weighted by atomic mass is 9.87. The number of benzene rings is 1. The van der Waals surface area contributed by atoms with E-state index in [9.17, 15) is 0 Å². The van der Waals surface area contributed by atoms with E-state index in [1.54, 1.807) is 0 Å². The first-order chi connectivity index (χ1) is 8.72. The highest BCUT2D eigenvalue weighted by Crippen LogP contribution is 2.29. The SMILES string of the molecule is CN1CC2CC(N)CC(C1)N2Cc1ccccc1. The topological polar surface area (TPSA) is 32.5 Å². The second kappa shape index (κ2) is 5.00. The predicted molar refractivity (Wildman–Crippen MR) is 74.3 cm³/mol. The number of hydrogen-bond acceptors (Lipinski definition) is 3. The molecule has 1 aromatic rings. The largest absolute Gasteiger partial charge is 0.328 e. The summed E-state index contributed by atoms with van der Waals surface area (Å²) >= 11 is 0. The van der Waals surface area contributed by atoms with Crippen LogP contribution in [0.1, 0.15) is 18.4 Å². The number of fused-ring (bicyclic) bond motifs is 2. The van der Waals surface area contributed by atoms with E-state index in [0.717, 1.165) is 32.5 Å². The Bertz CT molecular complexity index is 362. The van der Waals surface area contributed by atoms with Crippen molar-refractivity contribution in [3.63, 3.8) is 0 Å². The van der Waals surface area contributed by atoms with Crippen molar-refractivity contribution >= 4 is 0 Å². The lowest BCUT2D eigenvalue weighted by molar-refractivity contribution is -0.0118. The van der Waals surface area contributed by atoms with Gasteiger partial charge in [-0.1, -0.05) is 30.3 Å². The van der Waals surface area contributed by atoms with Crippen LogP contribution in [0.2, 0.25) is 0 Å². The summed E-state index contributed by atoms with van der Waals surface area (Å²) in [4.78, 5) is 5.14. The van der Waals surface area contributed by atoms with Crippen molar-refractivity contribution in [1.82, 2.24) is 9.80 Å². The lowest BCUT2D eigenvalue weighted by Gasteiger charge is -2.51. The van der Waals surface area contributed by atoms with Gasteiger partial charge in [-0.2, -0.15) is 0 Å². The van der Waals surface area contributed by atoms with Gasteiger partial charge in [-0.15, -0.1) is 0 Å². The molecular weight excluding hydrogens is 222 g/mol. The molecule has 0 aromatic heterocycles. The summed E-state index contributed by atoms with van der Waals surface area (Å²) in [6.07, 6.45) is 2.29. The van der Waals surface area contributed by atoms with Crippen molar-refractivity contribution in [3.8, 4) is 0 Å². The van der Waals surface area contributed by atoms with E-state index in [0.29, 0.717) is 18.1 Å². The summed E-state index contributed by atoms with van der Waals surface area (Å²) in [5.41, 5.74) is 7.60. The second-order valence-electron chi connectivity index (χ2n) is 5.92. The third kappa shape index (κ3) is 2.44. The fourth-order valence-electron chi connectivity index (χ4n) is 3.57. The number of likely N-dealkylation sites (tertiary alicyclic amines) is 1. The van der Waals surface area contributed by atoms with E-state index in [4.69, 9.17) is 5.73 Å². The molecule has 0 radical (unpaired) electrons. The predicted octanol–water partition coefficient (Wildman–Crippen LogP) is 1.29. The van der Waals surface area contributed by atoms with Crippen LogP contribution in [0, 0.1) is 0 Å². The lowest BCUT2D eigenvalue weighted by Crippen LogP contribution is -2.63. The van der Waals surface area contributed by atoms with Crippen molar-refractivity contribution in [2.24, 2.45) is 5.73 Å². The molecule has 98 valence electrons. The van der Waals surface area contributed by atoms with Gasteiger partial charge in [0.25, 0.3) is 0 Å². The molecule has 3 rings (SSSR count). The van der Waals surface area contributed by atoms with Crippen LogP contribution in [-0.4, -0.2) is 48.1 Å². The van der Waals surface area contributed by atoms with Gasteiger partial charge in [0.15, 0.2) is 0 Å². The molecule has 2 fully saturated rings. The third-order valence-corrected chi connectivity index (χ3v) is 4.34. The molecule has 0 aliphatic carbocycles. The fraction of sp³-hybridized carbons (Fsp3) is 0.600. The summed E-state index contributed by atoms with van der Waals surface area (Å²) in [6, 6.07) is 12.5. The average molecular weight is 245 g/mol. The van der Waals surface area contributed by atoms with Gasteiger partial charge >= 0.3 is 0 Å². The van der Waals surface area contributed by atoms with E-state index in [1.165, 1.54) is 5.56 Å². The monoisotopic (exact) mass is 245 g/mol. The molecule has 2 bridgehead atoms. The van der Waals surface area contributed by atoms with Crippen LogP contribution >= 0.6 is 0 Å². The molecule has 2 aliphatic rings. The van der Waals surface area contributed by atoms with Crippen molar-refractivity contribution in [2.45, 2.75) is 37.5 Å². The van der Waals surface area contributed by atoms with Gasteiger partial charge in [0.05, 0.1) is 0 Å². The molecule has 2 heterocycles. The zero-order chi connectivity index (χ0) is 12.5. The van der Waals surface area contributed by atoms with E-state index < -0.39 is 0 Å². The van der Waals surface area contributed by atoms with Crippen LogP contribution < -0.4 is 5.73 Å². The quantitative estimate of drug-likeness (QED) is 0.852. The van der Waals surface area contributed by atoms with Gasteiger partial charge in [0.1, 0.15) is 0 Å². The van der Waals surface area contributed by atoms with Crippen molar-refractivity contribution in [2.75, 3.05) is 20.1 Å². The van der Waals surface area contributed by atoms with Crippen molar-refractivity contribution in [1.29, 1.82) is 0 Å². The molecule has 2 unspecified atom stereocenters. The first-order valence-corrected chi connectivity index (χ1v) is 6.96. The normalized spacial score (nSPS) is 33.6. The number of piperazine rings is 1. The molecule has 2 N–H and O–H groups in total. The van der Waals surface area contributed by atoms with Crippen molar-refractivity contribution < 1.29 is 0 Å². The Kier molecular flexibility index (Phi) is 3.37. The van der Waals surface area contributed by atoms with Crippen LogP contribution in [0.3, 0.4) is 0 Å². The molecule has 2 atom stereocenters. The Hall–Kier alpha value is -0.900. The molecule has 2 saturated heterocycles. The number of nitrogens with zero attached hydrogens (tertiary/aromatic N) is 2. The Labute approximate surface area is 110 Å². The molecule has 3 heteroatoms. The summed E-state index contributed by atoms with van der Waals surface area (Å²) in [6.45, 7) is 3.41. The van der Waals surface area contributed by atoms with Crippen LogP contribution in [0.4, 0.5) is 0 Å². The highest BCUT2D eigenvalue weighted by molar-refractivity contribution is 5.15. The maximum absolute atomic E-state index is 6.18. The summed E-state index contributed by atoms with van der Waals surface area (Å²) in [5.74, 6) is 0. The second-order valence-corrected chi connectivity index (χ2v) is 5.92. The minimum absolute atomic E-state index is 0.403. The zero-order valence-corrected chi connectivity index (χ0v) is 11.1. The van der Waals surface area contributed by atoms with E-state index in [2.05, 4.69) is 47.2 Å². The Morgan fingerprint density at radius 3 is 2.33 bits per heavy atom. The first kappa shape index (κ1) is 12.2. The van der Waals surface area contributed by atoms with E-state index in [-0.39, 0.29) is 0 Å². The van der Waals surface area contributed by atoms with E-state index >= 15 is 0 Å². The van der Waals surface area contributed by atoms with Gasteiger partial charge in [0, 0.05) is 37.8 Å². The molecule has 2 aliphatic heterocycles. The third-order valence-electron chi connectivity index (χ3n) is 4.34. The summed E-state index contributed by atoms with van der Waals surface area (Å²) in [7, 11) is 2.23. The van der Waals surface area contributed by atoms with Gasteiger partial charge in [-0.25, -0.2) is 0 Å². The molecule has 1 aromatic carbocycles. The molecule has 0 saturated carbocycles. The number of likely N-dealkylation sites (N-methyl/N-ethyl adjacent to an activating group) is 1. The number of hydrogen-bond donors (Lipinski definition) is 1. The standard InChI is InChI=1S/C15H23N3/c1-17-10-14-7-13(16)8-15(11-17)18(14)9-12-5-3-2-4-6-12/h2-6,13-15H,7-11,16H2,1H3. The molecule has 18 heavy (non-hydrogen) atoms. The number of piperidine rings is 1. The highest BCUT2D eigenvalue weighted by atomic mass is 15.3. The number of rotatable bonds is 2. The summed E-state index contributed by atoms with van der Waals surface area (Å²) < 4.78 is 0. The minimum Gasteiger partial charge on any atom is -0.328 e. The fourth-order valence-corrected chi connectivity index (χ4v) is 3.57. The minimum atomic E-state index is 0.403. The van der Waals surface area contributed by atoms with Gasteiger partial charge in [-0.3, -0.25) is 4.90 Å². The van der Waals surface area contributed by atoms with Crippen molar-refractivity contribution in [3.05, 3.63) is 35.9 Å². The zero-order valence-electron chi connectivity index (χ0n) is 11.1. The average Bonchev–Trinajstić information content (AvgIpc) is 2.32. The van der Waals surface area contributed by atoms with Gasteiger partial charge in [-0.05, 0) is 25.5 Å². The van der Waals surface area contributed by atoms with Gasteiger partial charge < -0.3 is 10.6 Å². The molecular formula is C15H23N3. The molecule has 3 nitrogen and oxygen atoms in total.